The van der Waals surface area contributed by atoms with Crippen LogP contribution in [0.4, 0.5) is 5.69 Å². The van der Waals surface area contributed by atoms with Gasteiger partial charge in [-0.05, 0) is 44.4 Å². The third kappa shape index (κ3) is 3.69. The van der Waals surface area contributed by atoms with E-state index in [1.807, 2.05) is 11.0 Å². The Labute approximate surface area is 136 Å². The second-order valence-corrected chi connectivity index (χ2v) is 6.39. The Morgan fingerprint density at radius 3 is 2.78 bits per heavy atom. The number of pyridine rings is 1. The molecular weight excluding hydrogens is 292 g/mol. The van der Waals surface area contributed by atoms with E-state index in [9.17, 15) is 9.59 Å². The van der Waals surface area contributed by atoms with Gasteiger partial charge in [-0.25, -0.2) is 0 Å². The Bertz CT molecular complexity index is 563. The summed E-state index contributed by atoms with van der Waals surface area (Å²) in [6, 6.07) is 4.21. The van der Waals surface area contributed by atoms with Crippen LogP contribution in [0.1, 0.15) is 32.6 Å². The maximum Gasteiger partial charge on any atom is 0.238 e. The smallest absolute Gasteiger partial charge is 0.238 e. The average molecular weight is 316 g/mol. The SMILES string of the molecule is CC(=O)N1CCC[C@@H]1[C@@H]1CCCN1CC(=O)Nc1cccnc1. The van der Waals surface area contributed by atoms with Crippen LogP contribution in [0.15, 0.2) is 24.5 Å². The first-order valence-corrected chi connectivity index (χ1v) is 8.36. The number of hydrogen-bond acceptors (Lipinski definition) is 4. The lowest BCUT2D eigenvalue weighted by atomic mass is 10.0. The van der Waals surface area contributed by atoms with Crippen LogP contribution in [0, 0.1) is 0 Å². The zero-order chi connectivity index (χ0) is 16.2. The summed E-state index contributed by atoms with van der Waals surface area (Å²) in [6.07, 6.45) is 7.60. The summed E-state index contributed by atoms with van der Waals surface area (Å²) in [5.74, 6) is 0.136. The van der Waals surface area contributed by atoms with Crippen molar-refractivity contribution in [3.63, 3.8) is 0 Å². The number of amides is 2. The van der Waals surface area contributed by atoms with Crippen molar-refractivity contribution < 1.29 is 9.59 Å². The van der Waals surface area contributed by atoms with Gasteiger partial charge in [0.15, 0.2) is 0 Å². The van der Waals surface area contributed by atoms with Gasteiger partial charge >= 0.3 is 0 Å². The van der Waals surface area contributed by atoms with Gasteiger partial charge in [0.25, 0.3) is 0 Å². The minimum Gasteiger partial charge on any atom is -0.338 e. The molecule has 0 aromatic carbocycles. The number of nitrogens with one attached hydrogen (secondary N) is 1. The highest BCUT2D eigenvalue weighted by atomic mass is 16.2. The fourth-order valence-electron chi connectivity index (χ4n) is 3.89. The molecule has 124 valence electrons. The Hall–Kier alpha value is -1.95. The van der Waals surface area contributed by atoms with E-state index < -0.39 is 0 Å². The predicted molar refractivity (Wildman–Crippen MR) is 87.9 cm³/mol. The number of anilines is 1. The molecule has 2 saturated heterocycles. The van der Waals surface area contributed by atoms with Gasteiger partial charge < -0.3 is 10.2 Å². The van der Waals surface area contributed by atoms with Crippen LogP contribution < -0.4 is 5.32 Å². The van der Waals surface area contributed by atoms with E-state index in [1.165, 1.54) is 0 Å². The van der Waals surface area contributed by atoms with Gasteiger partial charge in [0.05, 0.1) is 18.4 Å². The molecule has 2 aliphatic heterocycles. The van der Waals surface area contributed by atoms with Crippen LogP contribution in [0.5, 0.6) is 0 Å². The minimum absolute atomic E-state index is 0.0164. The molecule has 1 aromatic rings. The van der Waals surface area contributed by atoms with E-state index in [0.29, 0.717) is 12.6 Å². The van der Waals surface area contributed by atoms with E-state index in [1.54, 1.807) is 25.4 Å². The van der Waals surface area contributed by atoms with Crippen LogP contribution in [0.2, 0.25) is 0 Å². The predicted octanol–water partition coefficient (Wildman–Crippen LogP) is 1.50. The van der Waals surface area contributed by atoms with E-state index in [0.717, 1.165) is 44.5 Å². The Balaban J connectivity index is 1.60. The monoisotopic (exact) mass is 316 g/mol. The summed E-state index contributed by atoms with van der Waals surface area (Å²) in [5.41, 5.74) is 0.722. The van der Waals surface area contributed by atoms with Gasteiger partial charge in [-0.1, -0.05) is 0 Å². The number of rotatable bonds is 4. The number of nitrogens with zero attached hydrogens (tertiary/aromatic N) is 3. The van der Waals surface area contributed by atoms with Crippen molar-refractivity contribution >= 4 is 17.5 Å². The van der Waals surface area contributed by atoms with Crippen LogP contribution in [-0.2, 0) is 9.59 Å². The average Bonchev–Trinajstić information content (AvgIpc) is 3.16. The zero-order valence-electron chi connectivity index (χ0n) is 13.6. The molecule has 23 heavy (non-hydrogen) atoms. The van der Waals surface area contributed by atoms with Gasteiger partial charge in [0.2, 0.25) is 11.8 Å². The molecule has 1 N–H and O–H groups in total. The lowest BCUT2D eigenvalue weighted by molar-refractivity contribution is -0.130. The number of aromatic nitrogens is 1. The Kier molecular flexibility index (Phi) is 4.91. The van der Waals surface area contributed by atoms with E-state index in [-0.39, 0.29) is 17.9 Å². The highest BCUT2D eigenvalue weighted by Gasteiger charge is 2.39. The quantitative estimate of drug-likeness (QED) is 0.914. The Morgan fingerprint density at radius 2 is 2.04 bits per heavy atom. The topological polar surface area (TPSA) is 65.5 Å². The fraction of sp³-hybridized carbons (Fsp3) is 0.588. The molecule has 2 aliphatic rings. The molecule has 3 heterocycles. The summed E-state index contributed by atoms with van der Waals surface area (Å²) in [7, 11) is 0. The molecule has 0 bridgehead atoms. The molecule has 6 nitrogen and oxygen atoms in total. The maximum atomic E-state index is 12.3. The molecule has 6 heteroatoms. The molecule has 3 rings (SSSR count). The van der Waals surface area contributed by atoms with Gasteiger partial charge in [-0.3, -0.25) is 19.5 Å². The van der Waals surface area contributed by atoms with Crippen molar-refractivity contribution in [1.82, 2.24) is 14.8 Å². The van der Waals surface area contributed by atoms with Gasteiger partial charge in [-0.2, -0.15) is 0 Å². The molecule has 0 spiro atoms. The van der Waals surface area contributed by atoms with Crippen LogP contribution in [-0.4, -0.2) is 58.3 Å². The van der Waals surface area contributed by atoms with Gasteiger partial charge in [-0.15, -0.1) is 0 Å². The molecule has 2 atom stereocenters. The summed E-state index contributed by atoms with van der Waals surface area (Å²) < 4.78 is 0. The Morgan fingerprint density at radius 1 is 1.26 bits per heavy atom. The third-order valence-electron chi connectivity index (χ3n) is 4.85. The lowest BCUT2D eigenvalue weighted by Gasteiger charge is -2.34. The fourth-order valence-corrected chi connectivity index (χ4v) is 3.89. The van der Waals surface area contributed by atoms with Crippen molar-refractivity contribution in [2.24, 2.45) is 0 Å². The highest BCUT2D eigenvalue weighted by molar-refractivity contribution is 5.92. The van der Waals surface area contributed by atoms with E-state index in [2.05, 4.69) is 15.2 Å². The molecule has 2 fully saturated rings. The second kappa shape index (κ2) is 7.08. The first-order valence-electron chi connectivity index (χ1n) is 8.36. The van der Waals surface area contributed by atoms with Crippen molar-refractivity contribution in [2.75, 3.05) is 25.0 Å². The van der Waals surface area contributed by atoms with Gasteiger partial charge in [0, 0.05) is 31.7 Å². The molecule has 2 amide bonds. The van der Waals surface area contributed by atoms with Crippen LogP contribution in [0.3, 0.4) is 0 Å². The maximum absolute atomic E-state index is 12.3. The number of carbonyl (C=O) groups excluding carboxylic acids is 2. The zero-order valence-corrected chi connectivity index (χ0v) is 13.6. The minimum atomic E-state index is -0.0164. The van der Waals surface area contributed by atoms with Crippen molar-refractivity contribution in [1.29, 1.82) is 0 Å². The standard InChI is InChI=1S/C17H24N4O2/c1-13(22)21-10-4-7-16(21)15-6-3-9-20(15)12-17(23)19-14-5-2-8-18-11-14/h2,5,8,11,15-16H,3-4,6-7,9-10,12H2,1H3,(H,19,23)/t15-,16+/m0/s1. The van der Waals surface area contributed by atoms with Crippen molar-refractivity contribution in [2.45, 2.75) is 44.7 Å². The van der Waals surface area contributed by atoms with Crippen molar-refractivity contribution in [3.05, 3.63) is 24.5 Å². The summed E-state index contributed by atoms with van der Waals surface area (Å²) in [6.45, 7) is 3.80. The number of carbonyl (C=O) groups is 2. The van der Waals surface area contributed by atoms with E-state index in [4.69, 9.17) is 0 Å². The first-order chi connectivity index (χ1) is 11.1. The molecular formula is C17H24N4O2. The van der Waals surface area contributed by atoms with Crippen LogP contribution >= 0.6 is 0 Å². The number of likely N-dealkylation sites (tertiary alicyclic amines) is 2. The lowest BCUT2D eigenvalue weighted by Crippen LogP contribution is -2.49. The second-order valence-electron chi connectivity index (χ2n) is 6.39. The van der Waals surface area contributed by atoms with Crippen LogP contribution in [0.25, 0.3) is 0 Å². The van der Waals surface area contributed by atoms with E-state index >= 15 is 0 Å². The van der Waals surface area contributed by atoms with Crippen molar-refractivity contribution in [3.8, 4) is 0 Å². The molecule has 1 aromatic heterocycles. The molecule has 0 unspecified atom stereocenters. The largest absolute Gasteiger partial charge is 0.338 e. The highest BCUT2D eigenvalue weighted by Crippen LogP contribution is 2.29. The summed E-state index contributed by atoms with van der Waals surface area (Å²) >= 11 is 0. The molecule has 0 saturated carbocycles. The third-order valence-corrected chi connectivity index (χ3v) is 4.85. The normalized spacial score (nSPS) is 24.8. The molecule has 0 radical (unpaired) electrons. The van der Waals surface area contributed by atoms with Gasteiger partial charge in [0.1, 0.15) is 0 Å². The number of hydrogen-bond donors (Lipinski definition) is 1. The summed E-state index contributed by atoms with van der Waals surface area (Å²) in [5, 5.41) is 2.89. The summed E-state index contributed by atoms with van der Waals surface area (Å²) in [4.78, 5) is 32.3. The first kappa shape index (κ1) is 15.9. The molecule has 0 aliphatic carbocycles.